The number of aromatic nitrogens is 2. The Hall–Kier alpha value is -3.48. The lowest BCUT2D eigenvalue weighted by Crippen LogP contribution is -2.24. The molecule has 7 nitrogen and oxygen atoms in total. The van der Waals surface area contributed by atoms with Gasteiger partial charge in [0.2, 0.25) is 0 Å². The Morgan fingerprint density at radius 2 is 1.85 bits per heavy atom. The summed E-state index contributed by atoms with van der Waals surface area (Å²) >= 11 is 0. The van der Waals surface area contributed by atoms with Crippen molar-refractivity contribution in [2.75, 3.05) is 21.3 Å². The first kappa shape index (κ1) is 17.0. The van der Waals surface area contributed by atoms with Crippen LogP contribution in [-0.2, 0) is 0 Å². The average Bonchev–Trinajstić information content (AvgIpc) is 3.22. The van der Waals surface area contributed by atoms with Gasteiger partial charge in [-0.15, -0.1) is 0 Å². The molecule has 0 bridgehead atoms. The van der Waals surface area contributed by atoms with E-state index in [1.54, 1.807) is 37.3 Å². The number of aromatic amines is 1. The van der Waals surface area contributed by atoms with Crippen LogP contribution in [0.4, 0.5) is 0 Å². The molecule has 1 amide bonds. The van der Waals surface area contributed by atoms with E-state index in [1.807, 2.05) is 24.3 Å². The van der Waals surface area contributed by atoms with Gasteiger partial charge in [-0.3, -0.25) is 9.89 Å². The van der Waals surface area contributed by atoms with Crippen molar-refractivity contribution in [2.24, 2.45) is 0 Å². The summed E-state index contributed by atoms with van der Waals surface area (Å²) in [7, 11) is 4.86. The third kappa shape index (κ3) is 2.59. The zero-order valence-electron chi connectivity index (χ0n) is 15.2. The summed E-state index contributed by atoms with van der Waals surface area (Å²) in [6.07, 6.45) is 0. The normalized spacial score (nSPS) is 15.7. The van der Waals surface area contributed by atoms with Gasteiger partial charge in [-0.2, -0.15) is 5.10 Å². The van der Waals surface area contributed by atoms with Crippen LogP contribution in [0.15, 0.2) is 42.5 Å². The van der Waals surface area contributed by atoms with E-state index in [0.29, 0.717) is 17.1 Å². The maximum Gasteiger partial charge on any atom is 0.272 e. The SMILES string of the molecule is COc1ccc(-c2n[nH]c3c2[C@@H](c2ccc(O)c(OC)c2)N(C)C3=O)cc1. The van der Waals surface area contributed by atoms with Gasteiger partial charge in [0.1, 0.15) is 11.4 Å². The second-order valence-corrected chi connectivity index (χ2v) is 6.34. The van der Waals surface area contributed by atoms with Crippen LogP contribution in [0, 0.1) is 0 Å². The first-order chi connectivity index (χ1) is 13.0. The molecule has 3 aromatic rings. The van der Waals surface area contributed by atoms with Gasteiger partial charge in [-0.1, -0.05) is 6.07 Å². The molecule has 7 heteroatoms. The van der Waals surface area contributed by atoms with E-state index in [4.69, 9.17) is 9.47 Å². The summed E-state index contributed by atoms with van der Waals surface area (Å²) < 4.78 is 10.4. The molecule has 0 spiro atoms. The van der Waals surface area contributed by atoms with E-state index in [1.165, 1.54) is 7.11 Å². The second kappa shape index (κ2) is 6.35. The lowest BCUT2D eigenvalue weighted by molar-refractivity contribution is 0.0787. The van der Waals surface area contributed by atoms with E-state index in [-0.39, 0.29) is 17.7 Å². The monoisotopic (exact) mass is 365 g/mol. The third-order valence-electron chi connectivity index (χ3n) is 4.88. The summed E-state index contributed by atoms with van der Waals surface area (Å²) in [6.45, 7) is 0. The molecule has 2 aromatic carbocycles. The van der Waals surface area contributed by atoms with Crippen molar-refractivity contribution in [1.29, 1.82) is 0 Å². The molecule has 27 heavy (non-hydrogen) atoms. The Kier molecular flexibility index (Phi) is 3.99. The number of nitrogens with one attached hydrogen (secondary N) is 1. The molecule has 2 heterocycles. The highest BCUT2D eigenvalue weighted by Gasteiger charge is 2.40. The van der Waals surface area contributed by atoms with Crippen molar-refractivity contribution in [2.45, 2.75) is 6.04 Å². The van der Waals surface area contributed by atoms with Gasteiger partial charge in [0, 0.05) is 18.2 Å². The Bertz CT molecular complexity index is 1010. The van der Waals surface area contributed by atoms with Crippen molar-refractivity contribution >= 4 is 5.91 Å². The summed E-state index contributed by atoms with van der Waals surface area (Å²) in [5.41, 5.74) is 3.70. The highest BCUT2D eigenvalue weighted by atomic mass is 16.5. The van der Waals surface area contributed by atoms with Crippen LogP contribution in [-0.4, -0.2) is 47.4 Å². The Morgan fingerprint density at radius 1 is 1.11 bits per heavy atom. The molecule has 0 unspecified atom stereocenters. The average molecular weight is 365 g/mol. The summed E-state index contributed by atoms with van der Waals surface area (Å²) in [4.78, 5) is 14.4. The van der Waals surface area contributed by atoms with Gasteiger partial charge in [-0.05, 0) is 42.0 Å². The molecule has 1 atom stereocenters. The number of aromatic hydroxyl groups is 1. The Labute approximate surface area is 156 Å². The fourth-order valence-corrected chi connectivity index (χ4v) is 3.49. The topological polar surface area (TPSA) is 87.7 Å². The van der Waals surface area contributed by atoms with Crippen LogP contribution in [0.2, 0.25) is 0 Å². The molecule has 138 valence electrons. The number of H-pyrrole nitrogens is 1. The highest BCUT2D eigenvalue weighted by molar-refractivity contribution is 6.00. The van der Waals surface area contributed by atoms with Crippen LogP contribution in [0.25, 0.3) is 11.3 Å². The number of benzene rings is 2. The summed E-state index contributed by atoms with van der Waals surface area (Å²) in [6, 6.07) is 12.3. The lowest BCUT2D eigenvalue weighted by atomic mass is 9.96. The maximum atomic E-state index is 12.7. The molecular weight excluding hydrogens is 346 g/mol. The number of phenols is 1. The number of amides is 1. The minimum absolute atomic E-state index is 0.0519. The van der Waals surface area contributed by atoms with Crippen molar-refractivity contribution in [3.63, 3.8) is 0 Å². The number of rotatable bonds is 4. The van der Waals surface area contributed by atoms with E-state index in [2.05, 4.69) is 10.2 Å². The van der Waals surface area contributed by atoms with E-state index >= 15 is 0 Å². The maximum absolute atomic E-state index is 12.7. The number of carbonyl (C=O) groups is 1. The highest BCUT2D eigenvalue weighted by Crippen LogP contribution is 2.43. The van der Waals surface area contributed by atoms with Crippen LogP contribution in [0.5, 0.6) is 17.2 Å². The van der Waals surface area contributed by atoms with E-state index in [0.717, 1.165) is 22.4 Å². The quantitative estimate of drug-likeness (QED) is 0.742. The van der Waals surface area contributed by atoms with Crippen LogP contribution >= 0.6 is 0 Å². The number of methoxy groups -OCH3 is 2. The zero-order valence-corrected chi connectivity index (χ0v) is 15.2. The lowest BCUT2D eigenvalue weighted by Gasteiger charge is -2.22. The molecule has 1 aliphatic heterocycles. The number of phenolic OH excluding ortho intramolecular Hbond substituents is 1. The van der Waals surface area contributed by atoms with Gasteiger partial charge in [0.25, 0.3) is 5.91 Å². The zero-order chi connectivity index (χ0) is 19.1. The molecule has 0 radical (unpaired) electrons. The van der Waals surface area contributed by atoms with Crippen LogP contribution in [0.3, 0.4) is 0 Å². The smallest absolute Gasteiger partial charge is 0.272 e. The standard InChI is InChI=1S/C20H19N3O4/c1-23-19(12-6-9-14(24)15(10-12)27-3)16-17(21-22-18(16)20(23)25)11-4-7-13(26-2)8-5-11/h4-10,19,24H,1-3H3,(H,21,22)/t19-/m1/s1. The Balaban J connectivity index is 1.85. The minimum atomic E-state index is -0.335. The molecule has 1 aromatic heterocycles. The van der Waals surface area contributed by atoms with E-state index < -0.39 is 0 Å². The largest absolute Gasteiger partial charge is 0.504 e. The summed E-state index contributed by atoms with van der Waals surface area (Å²) in [5, 5.41) is 17.2. The molecular formula is C20H19N3O4. The van der Waals surface area contributed by atoms with Gasteiger partial charge in [-0.25, -0.2) is 0 Å². The predicted octanol–water partition coefficient (Wildman–Crippen LogP) is 2.97. The van der Waals surface area contributed by atoms with Crippen molar-refractivity contribution < 1.29 is 19.4 Å². The number of carbonyl (C=O) groups excluding carboxylic acids is 1. The molecule has 2 N–H and O–H groups in total. The van der Waals surface area contributed by atoms with Crippen LogP contribution in [0.1, 0.15) is 27.7 Å². The minimum Gasteiger partial charge on any atom is -0.504 e. The fraction of sp³-hybridized carbons (Fsp3) is 0.200. The fourth-order valence-electron chi connectivity index (χ4n) is 3.49. The van der Waals surface area contributed by atoms with Gasteiger partial charge >= 0.3 is 0 Å². The number of nitrogens with zero attached hydrogens (tertiary/aromatic N) is 2. The van der Waals surface area contributed by atoms with Crippen molar-refractivity contribution in [3.8, 4) is 28.5 Å². The first-order valence-electron chi connectivity index (χ1n) is 8.42. The molecule has 0 fully saturated rings. The van der Waals surface area contributed by atoms with Crippen LogP contribution < -0.4 is 9.47 Å². The van der Waals surface area contributed by atoms with Gasteiger partial charge < -0.3 is 19.5 Å². The molecule has 0 saturated heterocycles. The van der Waals surface area contributed by atoms with Crippen molar-refractivity contribution in [1.82, 2.24) is 15.1 Å². The Morgan fingerprint density at radius 3 is 2.52 bits per heavy atom. The first-order valence-corrected chi connectivity index (χ1v) is 8.42. The predicted molar refractivity (Wildman–Crippen MR) is 99.2 cm³/mol. The third-order valence-corrected chi connectivity index (χ3v) is 4.88. The number of hydrogen-bond acceptors (Lipinski definition) is 5. The molecule has 1 aliphatic rings. The van der Waals surface area contributed by atoms with Crippen molar-refractivity contribution in [3.05, 3.63) is 59.3 Å². The van der Waals surface area contributed by atoms with Gasteiger partial charge in [0.05, 0.1) is 26.0 Å². The molecule has 0 saturated carbocycles. The van der Waals surface area contributed by atoms with E-state index in [9.17, 15) is 9.90 Å². The number of ether oxygens (including phenoxy) is 2. The number of fused-ring (bicyclic) bond motifs is 1. The van der Waals surface area contributed by atoms with Gasteiger partial charge in [0.15, 0.2) is 11.5 Å². The molecule has 0 aliphatic carbocycles. The summed E-state index contributed by atoms with van der Waals surface area (Å²) in [5.74, 6) is 1.03. The number of hydrogen-bond donors (Lipinski definition) is 2. The molecule has 4 rings (SSSR count). The second-order valence-electron chi connectivity index (χ2n) is 6.34.